The second-order valence-electron chi connectivity index (χ2n) is 3.98. The van der Waals surface area contributed by atoms with E-state index in [1.165, 1.54) is 0 Å². The van der Waals surface area contributed by atoms with Crippen molar-refractivity contribution in [3.8, 4) is 5.75 Å². The molecule has 1 aliphatic rings. The molecule has 0 saturated carbocycles. The topological polar surface area (TPSA) is 29.5 Å². The molecule has 0 aliphatic carbocycles. The molecule has 2 aromatic carbocycles. The van der Waals surface area contributed by atoms with E-state index in [0.29, 0.717) is 13.0 Å². The Balaban J connectivity index is 2.36. The van der Waals surface area contributed by atoms with E-state index >= 15 is 0 Å². The van der Waals surface area contributed by atoms with E-state index in [1.807, 2.05) is 30.3 Å². The molecule has 1 heterocycles. The third-order valence-corrected chi connectivity index (χ3v) is 3.75. The lowest BCUT2D eigenvalue weighted by atomic mass is 9.99. The third-order valence-electron chi connectivity index (χ3n) is 2.97. The summed E-state index contributed by atoms with van der Waals surface area (Å²) in [5.41, 5.74) is 0.886. The molecular formula is C13H11BrO2. The number of halogens is 1. The number of benzene rings is 2. The molecule has 0 radical (unpaired) electrons. The largest absolute Gasteiger partial charge is 0.492 e. The van der Waals surface area contributed by atoms with Gasteiger partial charge in [-0.3, -0.25) is 0 Å². The highest BCUT2D eigenvalue weighted by Gasteiger charge is 2.22. The summed E-state index contributed by atoms with van der Waals surface area (Å²) < 4.78 is 6.57. The molecule has 2 aromatic rings. The molecule has 3 rings (SSSR count). The van der Waals surface area contributed by atoms with E-state index in [-0.39, 0.29) is 0 Å². The van der Waals surface area contributed by atoms with Crippen LogP contribution in [0.1, 0.15) is 18.1 Å². The van der Waals surface area contributed by atoms with E-state index in [0.717, 1.165) is 26.6 Å². The maximum atomic E-state index is 9.94. The van der Waals surface area contributed by atoms with Crippen molar-refractivity contribution >= 4 is 26.7 Å². The molecule has 82 valence electrons. The summed E-state index contributed by atoms with van der Waals surface area (Å²) in [4.78, 5) is 0. The summed E-state index contributed by atoms with van der Waals surface area (Å²) in [6, 6.07) is 10.1. The van der Waals surface area contributed by atoms with Gasteiger partial charge in [-0.2, -0.15) is 0 Å². The first-order valence-corrected chi connectivity index (χ1v) is 6.08. The predicted molar refractivity (Wildman–Crippen MR) is 66.7 cm³/mol. The first kappa shape index (κ1) is 10.1. The van der Waals surface area contributed by atoms with Gasteiger partial charge < -0.3 is 9.84 Å². The van der Waals surface area contributed by atoms with Crippen molar-refractivity contribution in [1.29, 1.82) is 0 Å². The standard InChI is InChI=1S/C13H11BrO2/c14-12-9-4-2-1-3-8(9)7-10-11(15)5-6-16-13(10)12/h1-4,7,11,15H,5-6H2/t11-/m1/s1. The highest BCUT2D eigenvalue weighted by molar-refractivity contribution is 9.10. The molecule has 1 atom stereocenters. The average molecular weight is 279 g/mol. The average Bonchev–Trinajstić information content (AvgIpc) is 2.31. The van der Waals surface area contributed by atoms with Crippen molar-refractivity contribution in [3.05, 3.63) is 40.4 Å². The summed E-state index contributed by atoms with van der Waals surface area (Å²) >= 11 is 3.56. The second kappa shape index (κ2) is 3.75. The van der Waals surface area contributed by atoms with Gasteiger partial charge in [0.2, 0.25) is 0 Å². The molecule has 0 bridgehead atoms. The minimum absolute atomic E-state index is 0.412. The van der Waals surface area contributed by atoms with E-state index in [9.17, 15) is 5.11 Å². The summed E-state index contributed by atoms with van der Waals surface area (Å²) in [5.74, 6) is 0.789. The highest BCUT2D eigenvalue weighted by Crippen LogP contribution is 2.42. The number of ether oxygens (including phenoxy) is 1. The van der Waals surface area contributed by atoms with Gasteiger partial charge in [-0.1, -0.05) is 24.3 Å². The van der Waals surface area contributed by atoms with Gasteiger partial charge >= 0.3 is 0 Å². The van der Waals surface area contributed by atoms with Crippen molar-refractivity contribution in [3.63, 3.8) is 0 Å². The van der Waals surface area contributed by atoms with Crippen LogP contribution in [-0.4, -0.2) is 11.7 Å². The molecule has 0 saturated heterocycles. The number of hydrogen-bond donors (Lipinski definition) is 1. The van der Waals surface area contributed by atoms with Gasteiger partial charge in [-0.25, -0.2) is 0 Å². The van der Waals surface area contributed by atoms with Gasteiger partial charge in [0.15, 0.2) is 0 Å². The first-order valence-electron chi connectivity index (χ1n) is 5.29. The van der Waals surface area contributed by atoms with Crippen LogP contribution in [0.3, 0.4) is 0 Å². The van der Waals surface area contributed by atoms with Crippen LogP contribution in [0.15, 0.2) is 34.8 Å². The van der Waals surface area contributed by atoms with Crippen LogP contribution in [0, 0.1) is 0 Å². The maximum Gasteiger partial charge on any atom is 0.139 e. The van der Waals surface area contributed by atoms with Gasteiger partial charge in [0.25, 0.3) is 0 Å². The van der Waals surface area contributed by atoms with Gasteiger partial charge in [0.05, 0.1) is 17.2 Å². The Morgan fingerprint density at radius 3 is 3.00 bits per heavy atom. The first-order chi connectivity index (χ1) is 7.77. The van der Waals surface area contributed by atoms with Crippen LogP contribution in [0.2, 0.25) is 0 Å². The lowest BCUT2D eigenvalue weighted by molar-refractivity contribution is 0.115. The Morgan fingerprint density at radius 1 is 1.31 bits per heavy atom. The van der Waals surface area contributed by atoms with Gasteiger partial charge in [-0.05, 0) is 32.8 Å². The Kier molecular flexibility index (Phi) is 2.37. The van der Waals surface area contributed by atoms with Crippen LogP contribution in [0.4, 0.5) is 0 Å². The number of rotatable bonds is 0. The van der Waals surface area contributed by atoms with Crippen molar-refractivity contribution in [1.82, 2.24) is 0 Å². The van der Waals surface area contributed by atoms with E-state index in [2.05, 4.69) is 15.9 Å². The molecule has 0 unspecified atom stereocenters. The summed E-state index contributed by atoms with van der Waals surface area (Å²) in [7, 11) is 0. The van der Waals surface area contributed by atoms with Crippen LogP contribution >= 0.6 is 15.9 Å². The Hall–Kier alpha value is -1.06. The lowest BCUT2D eigenvalue weighted by Gasteiger charge is -2.24. The van der Waals surface area contributed by atoms with Crippen molar-refractivity contribution in [2.45, 2.75) is 12.5 Å². The Labute approximate surface area is 102 Å². The van der Waals surface area contributed by atoms with E-state index < -0.39 is 6.10 Å². The molecule has 0 aromatic heterocycles. The SMILES string of the molecule is O[C@@H]1CCOc2c1cc1ccccc1c2Br. The second-order valence-corrected chi connectivity index (χ2v) is 4.78. The normalized spacial score (nSPS) is 19.2. The molecule has 1 N–H and O–H groups in total. The molecular weight excluding hydrogens is 268 g/mol. The molecule has 0 fully saturated rings. The molecule has 16 heavy (non-hydrogen) atoms. The fraction of sp³-hybridized carbons (Fsp3) is 0.231. The lowest BCUT2D eigenvalue weighted by Crippen LogP contribution is -2.14. The molecule has 0 amide bonds. The summed E-state index contributed by atoms with van der Waals surface area (Å²) in [5, 5.41) is 12.2. The van der Waals surface area contributed by atoms with Crippen LogP contribution in [0.25, 0.3) is 10.8 Å². The third kappa shape index (κ3) is 1.43. The van der Waals surface area contributed by atoms with Crippen molar-refractivity contribution in [2.75, 3.05) is 6.61 Å². The number of hydrogen-bond acceptors (Lipinski definition) is 2. The molecule has 0 spiro atoms. The van der Waals surface area contributed by atoms with Crippen LogP contribution < -0.4 is 4.74 Å². The minimum Gasteiger partial charge on any atom is -0.492 e. The summed E-state index contributed by atoms with van der Waals surface area (Å²) in [6.07, 6.45) is 0.252. The van der Waals surface area contributed by atoms with Gasteiger partial charge in [0, 0.05) is 12.0 Å². The van der Waals surface area contributed by atoms with Crippen LogP contribution in [0.5, 0.6) is 5.75 Å². The maximum absolute atomic E-state index is 9.94. The molecule has 2 nitrogen and oxygen atoms in total. The zero-order valence-electron chi connectivity index (χ0n) is 8.61. The van der Waals surface area contributed by atoms with E-state index in [4.69, 9.17) is 4.74 Å². The minimum atomic E-state index is -0.412. The zero-order valence-corrected chi connectivity index (χ0v) is 10.2. The molecule has 1 aliphatic heterocycles. The number of aliphatic hydroxyl groups excluding tert-OH is 1. The number of aliphatic hydroxyl groups is 1. The highest BCUT2D eigenvalue weighted by atomic mass is 79.9. The summed E-state index contributed by atoms with van der Waals surface area (Å²) in [6.45, 7) is 0.575. The monoisotopic (exact) mass is 278 g/mol. The number of fused-ring (bicyclic) bond motifs is 2. The quantitative estimate of drug-likeness (QED) is 0.800. The van der Waals surface area contributed by atoms with Crippen molar-refractivity contribution in [2.24, 2.45) is 0 Å². The van der Waals surface area contributed by atoms with Crippen molar-refractivity contribution < 1.29 is 9.84 Å². The Morgan fingerprint density at radius 2 is 2.12 bits per heavy atom. The fourth-order valence-corrected chi connectivity index (χ4v) is 2.83. The van der Waals surface area contributed by atoms with E-state index in [1.54, 1.807) is 0 Å². The zero-order chi connectivity index (χ0) is 11.1. The smallest absolute Gasteiger partial charge is 0.139 e. The van der Waals surface area contributed by atoms with Gasteiger partial charge in [0.1, 0.15) is 5.75 Å². The van der Waals surface area contributed by atoms with Gasteiger partial charge in [-0.15, -0.1) is 0 Å². The fourth-order valence-electron chi connectivity index (χ4n) is 2.13. The van der Waals surface area contributed by atoms with Crippen LogP contribution in [-0.2, 0) is 0 Å². The predicted octanol–water partition coefficient (Wildman–Crippen LogP) is 3.42. The Bertz CT molecular complexity index is 551. The molecule has 3 heteroatoms.